The quantitative estimate of drug-likeness (QED) is 0.793. The molecule has 158 valence electrons. The molecule has 0 aliphatic carbocycles. The number of aliphatic hydroxyl groups is 1. The smallest absolute Gasteiger partial charge is 0.266 e. The highest BCUT2D eigenvalue weighted by molar-refractivity contribution is 5.94. The van der Waals surface area contributed by atoms with E-state index < -0.39 is 12.2 Å². The minimum Gasteiger partial charge on any atom is -0.497 e. The summed E-state index contributed by atoms with van der Waals surface area (Å²) in [6, 6.07) is 13.4. The molecule has 1 N–H and O–H groups in total. The molecule has 1 fully saturated rings. The number of pyridine rings is 1. The zero-order valence-electron chi connectivity index (χ0n) is 17.1. The Balaban J connectivity index is 1.26. The Labute approximate surface area is 176 Å². The van der Waals surface area contributed by atoms with Crippen LogP contribution in [0.25, 0.3) is 0 Å². The summed E-state index contributed by atoms with van der Waals surface area (Å²) in [5, 5.41) is 14.7. The fraction of sp³-hybridized carbons (Fsp3) is 0.435. The molecule has 3 heterocycles. The van der Waals surface area contributed by atoms with Crippen LogP contribution in [0.15, 0.2) is 53.8 Å². The number of rotatable bonds is 6. The summed E-state index contributed by atoms with van der Waals surface area (Å²) < 4.78 is 5.18. The maximum Gasteiger partial charge on any atom is 0.266 e. The highest BCUT2D eigenvalue weighted by Crippen LogP contribution is 2.30. The van der Waals surface area contributed by atoms with Gasteiger partial charge in [0, 0.05) is 32.1 Å². The molecule has 1 saturated heterocycles. The molecule has 7 heteroatoms. The van der Waals surface area contributed by atoms with Crippen LogP contribution in [0.1, 0.15) is 36.6 Å². The van der Waals surface area contributed by atoms with Crippen LogP contribution in [0.5, 0.6) is 5.75 Å². The van der Waals surface area contributed by atoms with Crippen LogP contribution in [-0.4, -0.2) is 52.9 Å². The largest absolute Gasteiger partial charge is 0.497 e. The Kier molecular flexibility index (Phi) is 6.28. The second-order valence-corrected chi connectivity index (χ2v) is 7.84. The summed E-state index contributed by atoms with van der Waals surface area (Å²) in [6.45, 7) is 1.22. The first-order chi connectivity index (χ1) is 14.6. The number of carbonyl (C=O) groups excluding carboxylic acids is 1. The lowest BCUT2D eigenvalue weighted by atomic mass is 9.89. The van der Waals surface area contributed by atoms with Gasteiger partial charge in [-0.15, -0.1) is 0 Å². The van der Waals surface area contributed by atoms with Crippen LogP contribution < -0.4 is 4.74 Å². The van der Waals surface area contributed by atoms with Crippen molar-refractivity contribution in [2.45, 2.75) is 37.9 Å². The number of aromatic nitrogens is 1. The number of methoxy groups -OCH3 is 1. The second kappa shape index (κ2) is 9.26. The summed E-state index contributed by atoms with van der Waals surface area (Å²) in [6.07, 6.45) is 3.22. The monoisotopic (exact) mass is 409 g/mol. The first-order valence-electron chi connectivity index (χ1n) is 10.4. The average molecular weight is 409 g/mol. The Morgan fingerprint density at radius 3 is 2.67 bits per heavy atom. The summed E-state index contributed by atoms with van der Waals surface area (Å²) in [5.74, 6) is 0.901. The molecular weight excluding hydrogens is 382 g/mol. The number of nitrogens with zero attached hydrogens (tertiary/aromatic N) is 3. The van der Waals surface area contributed by atoms with Gasteiger partial charge in [-0.05, 0) is 48.6 Å². The lowest BCUT2D eigenvalue weighted by molar-refractivity contribution is -0.144. The topological polar surface area (TPSA) is 84.2 Å². The molecule has 0 unspecified atom stereocenters. The van der Waals surface area contributed by atoms with Crippen LogP contribution >= 0.6 is 0 Å². The summed E-state index contributed by atoms with van der Waals surface area (Å²) in [5.41, 5.74) is 2.67. The van der Waals surface area contributed by atoms with Crippen LogP contribution in [0.4, 0.5) is 0 Å². The van der Waals surface area contributed by atoms with Crippen molar-refractivity contribution < 1.29 is 19.5 Å². The van der Waals surface area contributed by atoms with Gasteiger partial charge in [0.2, 0.25) is 6.10 Å². The molecule has 0 spiro atoms. The number of likely N-dealkylation sites (tertiary alicyclic amines) is 1. The highest BCUT2D eigenvalue weighted by Gasteiger charge is 2.35. The number of benzene rings is 1. The van der Waals surface area contributed by atoms with Gasteiger partial charge in [-0.1, -0.05) is 23.4 Å². The molecule has 2 atom stereocenters. The third-order valence-electron chi connectivity index (χ3n) is 5.86. The summed E-state index contributed by atoms with van der Waals surface area (Å²) >= 11 is 0. The molecule has 1 aromatic carbocycles. The van der Waals surface area contributed by atoms with Gasteiger partial charge in [-0.2, -0.15) is 0 Å². The van der Waals surface area contributed by atoms with Gasteiger partial charge in [-0.3, -0.25) is 9.78 Å². The first kappa shape index (κ1) is 20.3. The number of ether oxygens (including phenoxy) is 1. The van der Waals surface area contributed by atoms with Crippen LogP contribution in [-0.2, 0) is 16.1 Å². The molecule has 0 bridgehead atoms. The van der Waals surface area contributed by atoms with E-state index >= 15 is 0 Å². The van der Waals surface area contributed by atoms with Crippen LogP contribution in [0, 0.1) is 5.92 Å². The van der Waals surface area contributed by atoms with Crippen LogP contribution in [0.3, 0.4) is 0 Å². The van der Waals surface area contributed by atoms with E-state index in [0.717, 1.165) is 29.9 Å². The molecule has 4 rings (SSSR count). The van der Waals surface area contributed by atoms with Gasteiger partial charge in [-0.25, -0.2) is 0 Å². The van der Waals surface area contributed by atoms with Crippen molar-refractivity contribution in [2.75, 3.05) is 20.2 Å². The maximum atomic E-state index is 12.9. The van der Waals surface area contributed by atoms with Gasteiger partial charge in [0.15, 0.2) is 0 Å². The van der Waals surface area contributed by atoms with E-state index in [0.29, 0.717) is 31.6 Å². The Bertz CT molecular complexity index is 877. The summed E-state index contributed by atoms with van der Waals surface area (Å²) in [7, 11) is 1.64. The van der Waals surface area contributed by atoms with Crippen molar-refractivity contribution in [1.29, 1.82) is 0 Å². The van der Waals surface area contributed by atoms with Crippen molar-refractivity contribution in [2.24, 2.45) is 11.1 Å². The van der Waals surface area contributed by atoms with E-state index in [1.807, 2.05) is 47.4 Å². The normalized spacial score (nSPS) is 20.4. The fourth-order valence-corrected chi connectivity index (χ4v) is 4.07. The standard InChI is InChI=1S/C23H27N3O4/c1-29-19-7-5-16(6-8-19)14-18-15-21(30-25-18)23(28)26-12-9-17(10-13-26)22(27)20-4-2-3-11-24-20/h2-8,11,17,21-22,27H,9-10,12-15H2,1H3/t21-,22-/m0/s1. The predicted molar refractivity (Wildman–Crippen MR) is 112 cm³/mol. The number of piperidine rings is 1. The number of amides is 1. The zero-order valence-corrected chi connectivity index (χ0v) is 17.1. The molecule has 1 aromatic heterocycles. The van der Waals surface area contributed by atoms with Gasteiger partial charge in [0.1, 0.15) is 5.75 Å². The zero-order chi connectivity index (χ0) is 20.9. The third-order valence-corrected chi connectivity index (χ3v) is 5.86. The van der Waals surface area contributed by atoms with Gasteiger partial charge in [0.05, 0.1) is 24.6 Å². The van der Waals surface area contributed by atoms with Crippen molar-refractivity contribution in [1.82, 2.24) is 9.88 Å². The number of hydrogen-bond acceptors (Lipinski definition) is 6. The molecular formula is C23H27N3O4. The van der Waals surface area contributed by atoms with E-state index in [4.69, 9.17) is 9.57 Å². The van der Waals surface area contributed by atoms with Gasteiger partial charge in [0.25, 0.3) is 5.91 Å². The molecule has 30 heavy (non-hydrogen) atoms. The second-order valence-electron chi connectivity index (χ2n) is 7.84. The predicted octanol–water partition coefficient (Wildman–Crippen LogP) is 2.75. The molecule has 0 saturated carbocycles. The molecule has 1 amide bonds. The molecule has 0 radical (unpaired) electrons. The molecule has 7 nitrogen and oxygen atoms in total. The number of oxime groups is 1. The first-order valence-corrected chi connectivity index (χ1v) is 10.4. The maximum absolute atomic E-state index is 12.9. The van der Waals surface area contributed by atoms with Gasteiger partial charge < -0.3 is 19.6 Å². The minimum atomic E-state index is -0.592. The molecule has 2 aliphatic heterocycles. The van der Waals surface area contributed by atoms with E-state index in [9.17, 15) is 9.90 Å². The van der Waals surface area contributed by atoms with Crippen molar-refractivity contribution in [3.8, 4) is 5.75 Å². The van der Waals surface area contributed by atoms with Crippen molar-refractivity contribution >= 4 is 11.6 Å². The van der Waals surface area contributed by atoms with Crippen molar-refractivity contribution in [3.63, 3.8) is 0 Å². The van der Waals surface area contributed by atoms with Crippen molar-refractivity contribution in [3.05, 3.63) is 59.9 Å². The lowest BCUT2D eigenvalue weighted by Crippen LogP contribution is -2.44. The van der Waals surface area contributed by atoms with Gasteiger partial charge >= 0.3 is 0 Å². The van der Waals surface area contributed by atoms with E-state index in [2.05, 4.69) is 10.1 Å². The number of aliphatic hydroxyl groups excluding tert-OH is 1. The Morgan fingerprint density at radius 1 is 1.23 bits per heavy atom. The average Bonchev–Trinajstić information content (AvgIpc) is 3.28. The molecule has 2 aliphatic rings. The van der Waals surface area contributed by atoms with E-state index in [-0.39, 0.29) is 11.8 Å². The van der Waals surface area contributed by atoms with E-state index in [1.54, 1.807) is 13.3 Å². The lowest BCUT2D eigenvalue weighted by Gasteiger charge is -2.34. The molecule has 2 aromatic rings. The summed E-state index contributed by atoms with van der Waals surface area (Å²) in [4.78, 5) is 24.4. The Morgan fingerprint density at radius 2 is 2.00 bits per heavy atom. The Hall–Kier alpha value is -2.93. The third kappa shape index (κ3) is 4.62. The van der Waals surface area contributed by atoms with Crippen LogP contribution in [0.2, 0.25) is 0 Å². The highest BCUT2D eigenvalue weighted by atomic mass is 16.6. The number of hydrogen-bond donors (Lipinski definition) is 1. The minimum absolute atomic E-state index is 0.0192. The number of carbonyl (C=O) groups is 1. The van der Waals surface area contributed by atoms with E-state index in [1.165, 1.54) is 0 Å². The fourth-order valence-electron chi connectivity index (χ4n) is 4.07. The SMILES string of the molecule is COc1ccc(CC2=NO[C@H](C(=O)N3CCC([C@H](O)c4ccccn4)CC3)C2)cc1.